The summed E-state index contributed by atoms with van der Waals surface area (Å²) in [6, 6.07) is 48.8. The lowest BCUT2D eigenvalue weighted by atomic mass is 9.66. The summed E-state index contributed by atoms with van der Waals surface area (Å²) in [5, 5.41) is 105. The predicted octanol–water partition coefficient (Wildman–Crippen LogP) is 25.4. The fourth-order valence-corrected chi connectivity index (χ4v) is 18.1. The van der Waals surface area contributed by atoms with E-state index in [1.165, 1.54) is 54.4 Å². The highest BCUT2D eigenvalue weighted by molar-refractivity contribution is 5.59. The highest BCUT2D eigenvalue weighted by Crippen LogP contribution is 2.49. The van der Waals surface area contributed by atoms with Gasteiger partial charge in [0.2, 0.25) is 0 Å². The molecule has 0 heterocycles. The molecule has 0 atom stereocenters. The van der Waals surface area contributed by atoms with E-state index in [-0.39, 0.29) is 16.2 Å². The summed E-state index contributed by atoms with van der Waals surface area (Å²) in [4.78, 5) is 0. The molecule has 10 nitrogen and oxygen atoms in total. The van der Waals surface area contributed by atoms with Crippen LogP contribution in [0.2, 0.25) is 0 Å². The molecule has 1 aliphatic carbocycles. The average Bonchev–Trinajstić information content (AvgIpc) is 0.748. The van der Waals surface area contributed by atoms with E-state index in [0.717, 1.165) is 187 Å². The Hall–Kier alpha value is -10.6. The molecule has 0 spiro atoms. The first-order valence-corrected chi connectivity index (χ1v) is 41.4. The molecule has 612 valence electrons. The van der Waals surface area contributed by atoms with E-state index < -0.39 is 5.41 Å². The van der Waals surface area contributed by atoms with Gasteiger partial charge < -0.3 is 51.1 Å². The average molecular weight is 1560 g/mol. The van der Waals surface area contributed by atoms with Crippen molar-refractivity contribution >= 4 is 0 Å². The van der Waals surface area contributed by atoms with Crippen LogP contribution >= 0.6 is 0 Å². The smallest absolute Gasteiger partial charge is 0.122 e. The highest BCUT2D eigenvalue weighted by atomic mass is 16.3. The molecule has 1 fully saturated rings. The standard InChI is InChI=1S/C39H48O3.C37H44O4.C30H36O3/c1-22-13-28(14-23(2)34(22)40)37(7,8)31-19-32(38(9,10)29-15-24(3)35(41)25(4)16-29)21-33(20-31)39(11,12)30-17-26(5)36(42)27(6)18-30;1-21-13-29(14-22(2)33(21)38)9-11-37(31-17-25(5)35(40)26(6)18-31,32-19-27(7)36(41)28(8)20-32)12-10-30-15-23(3)34(39)24(4)16-30;1-18-10-22(11-19(2)28(18)31)14-26-16-25(24-8-6-5-7-9-24)17-27(30(26)33)15-23-12-20(3)29(32)21(4)13-23/h13-21,40-42H,1-12H3;13-20,38-41H,9-12H2,1-8H3;10-13,16-17,24,31-33H,5-9,14-15H2,1-4H3. The zero-order valence-electron chi connectivity index (χ0n) is 73.6. The third-order valence-electron chi connectivity index (χ3n) is 25.9. The first-order chi connectivity index (χ1) is 54.2. The van der Waals surface area contributed by atoms with Crippen molar-refractivity contribution in [2.24, 2.45) is 0 Å². The van der Waals surface area contributed by atoms with Crippen molar-refractivity contribution in [2.75, 3.05) is 0 Å². The summed E-state index contributed by atoms with van der Waals surface area (Å²) < 4.78 is 0. The van der Waals surface area contributed by atoms with Gasteiger partial charge in [-0.15, -0.1) is 0 Å². The topological polar surface area (TPSA) is 202 Å². The van der Waals surface area contributed by atoms with Crippen molar-refractivity contribution in [1.82, 2.24) is 0 Å². The maximum Gasteiger partial charge on any atom is 0.122 e. The third-order valence-corrected chi connectivity index (χ3v) is 25.9. The Kier molecular flexibility index (Phi) is 26.3. The lowest BCUT2D eigenvalue weighted by Gasteiger charge is -2.37. The number of hydrogen-bond donors (Lipinski definition) is 10. The molecule has 1 aliphatic rings. The maximum atomic E-state index is 11.3. The zero-order chi connectivity index (χ0) is 85.4. The highest BCUT2D eigenvalue weighted by Gasteiger charge is 2.38. The predicted molar refractivity (Wildman–Crippen MR) is 478 cm³/mol. The van der Waals surface area contributed by atoms with Gasteiger partial charge in [0.15, 0.2) is 0 Å². The molecule has 10 heteroatoms. The van der Waals surface area contributed by atoms with E-state index in [4.69, 9.17) is 0 Å². The van der Waals surface area contributed by atoms with E-state index in [9.17, 15) is 51.1 Å². The largest absolute Gasteiger partial charge is 0.507 e. The molecule has 11 aromatic rings. The van der Waals surface area contributed by atoms with Gasteiger partial charge in [-0.1, -0.05) is 200 Å². The zero-order valence-corrected chi connectivity index (χ0v) is 73.6. The summed E-state index contributed by atoms with van der Waals surface area (Å²) in [6.07, 6.45) is 10.7. The fourth-order valence-electron chi connectivity index (χ4n) is 18.1. The monoisotopic (exact) mass is 1560 g/mol. The number of aryl methyl sites for hydroxylation is 20. The SMILES string of the molecule is Cc1cc(C(C)(C)c2cc(C(C)(C)c3cc(C)c(O)c(C)c3)cc(C(C)(C)c3cc(C)c(O)c(C)c3)c2)cc(C)c1O.Cc1cc(CCC(CCc2cc(C)c(O)c(C)c2)(c2cc(C)c(O)c(C)c2)c2cc(C)c(O)c(C)c2)cc(C)c1O.Cc1cc(Cc2cc(C3CCCCC3)cc(Cc3cc(C)c(O)c(C)c3)c2O)cc(C)c1O. The molecule has 10 N–H and O–H groups in total. The van der Waals surface area contributed by atoms with Crippen molar-refractivity contribution in [3.63, 3.8) is 0 Å². The number of hydrogen-bond acceptors (Lipinski definition) is 10. The second kappa shape index (κ2) is 34.7. The molecule has 116 heavy (non-hydrogen) atoms. The molecule has 0 aromatic heterocycles. The van der Waals surface area contributed by atoms with Gasteiger partial charge in [-0.2, -0.15) is 0 Å². The third kappa shape index (κ3) is 18.6. The van der Waals surface area contributed by atoms with Crippen LogP contribution in [0.3, 0.4) is 0 Å². The molecular formula is C106H128O10. The maximum absolute atomic E-state index is 11.3. The molecule has 0 saturated heterocycles. The van der Waals surface area contributed by atoms with E-state index in [0.29, 0.717) is 76.3 Å². The summed E-state index contributed by atoms with van der Waals surface area (Å²) in [6.45, 7) is 48.5. The van der Waals surface area contributed by atoms with Gasteiger partial charge in [0.1, 0.15) is 57.5 Å². The molecule has 0 amide bonds. The molecular weight excluding hydrogens is 1430 g/mol. The Balaban J connectivity index is 0.000000185. The summed E-state index contributed by atoms with van der Waals surface area (Å²) in [5.74, 6) is 3.96. The van der Waals surface area contributed by atoms with Crippen molar-refractivity contribution in [3.05, 3.63) is 323 Å². The van der Waals surface area contributed by atoms with Crippen LogP contribution in [-0.2, 0) is 47.3 Å². The first-order valence-electron chi connectivity index (χ1n) is 41.4. The summed E-state index contributed by atoms with van der Waals surface area (Å²) >= 11 is 0. The van der Waals surface area contributed by atoms with Crippen LogP contribution in [-0.4, -0.2) is 51.1 Å². The summed E-state index contributed by atoms with van der Waals surface area (Å²) in [5.41, 5.74) is 31.1. The van der Waals surface area contributed by atoms with Gasteiger partial charge in [-0.25, -0.2) is 0 Å². The molecule has 0 bridgehead atoms. The van der Waals surface area contributed by atoms with Crippen LogP contribution < -0.4 is 0 Å². The van der Waals surface area contributed by atoms with E-state index >= 15 is 0 Å². The number of phenols is 10. The van der Waals surface area contributed by atoms with Crippen LogP contribution in [0.15, 0.2) is 140 Å². The van der Waals surface area contributed by atoms with Crippen LogP contribution in [0.4, 0.5) is 0 Å². The number of rotatable bonds is 19. The molecule has 11 aromatic carbocycles. The first kappa shape index (κ1) is 87.8. The van der Waals surface area contributed by atoms with Gasteiger partial charge in [-0.3, -0.25) is 0 Å². The van der Waals surface area contributed by atoms with Gasteiger partial charge in [0.25, 0.3) is 0 Å². The van der Waals surface area contributed by atoms with Crippen molar-refractivity contribution in [2.45, 2.75) is 264 Å². The fraction of sp³-hybridized carbons (Fsp3) is 0.377. The number of phenolic OH excluding ortho intramolecular Hbond substituents is 10. The number of aromatic hydroxyl groups is 10. The minimum Gasteiger partial charge on any atom is -0.507 e. The minimum absolute atomic E-state index is 0.315. The number of benzene rings is 11. The molecule has 12 rings (SSSR count). The van der Waals surface area contributed by atoms with E-state index in [1.807, 2.05) is 149 Å². The van der Waals surface area contributed by atoms with Gasteiger partial charge in [0, 0.05) is 34.5 Å². The molecule has 0 aliphatic heterocycles. The Bertz CT molecular complexity index is 4920. The molecule has 1 saturated carbocycles. The molecule has 0 unspecified atom stereocenters. The Labute approximate surface area is 692 Å². The van der Waals surface area contributed by atoms with Crippen molar-refractivity contribution < 1.29 is 51.1 Å². The van der Waals surface area contributed by atoms with Crippen LogP contribution in [0.1, 0.15) is 276 Å². The molecule has 0 radical (unpaired) electrons. The minimum atomic E-state index is -0.439. The second-order valence-corrected chi connectivity index (χ2v) is 36.2. The van der Waals surface area contributed by atoms with E-state index in [1.54, 1.807) is 0 Å². The van der Waals surface area contributed by atoms with Crippen molar-refractivity contribution in [1.29, 1.82) is 0 Å². The van der Waals surface area contributed by atoms with Gasteiger partial charge >= 0.3 is 0 Å². The van der Waals surface area contributed by atoms with Crippen LogP contribution in [0, 0.1) is 125 Å². The summed E-state index contributed by atoms with van der Waals surface area (Å²) in [7, 11) is 0. The Morgan fingerprint density at radius 2 is 0.414 bits per heavy atom. The lowest BCUT2D eigenvalue weighted by Crippen LogP contribution is -2.30. The normalized spacial score (nSPS) is 12.8. The van der Waals surface area contributed by atoms with E-state index in [2.05, 4.69) is 157 Å². The quantitative estimate of drug-likeness (QED) is 0.0371. The van der Waals surface area contributed by atoms with Crippen LogP contribution in [0.5, 0.6) is 57.5 Å². The van der Waals surface area contributed by atoms with Crippen molar-refractivity contribution in [3.8, 4) is 57.5 Å². The Morgan fingerprint density at radius 3 is 0.638 bits per heavy atom. The lowest BCUT2D eigenvalue weighted by molar-refractivity contribution is 0.427. The van der Waals surface area contributed by atoms with Gasteiger partial charge in [0.05, 0.1) is 0 Å². The van der Waals surface area contributed by atoms with Crippen LogP contribution in [0.25, 0.3) is 0 Å². The Morgan fingerprint density at radius 1 is 0.224 bits per heavy atom. The second-order valence-electron chi connectivity index (χ2n) is 36.2. The van der Waals surface area contributed by atoms with Gasteiger partial charge in [-0.05, 0) is 353 Å².